The highest BCUT2D eigenvalue weighted by Crippen LogP contribution is 2.48. The summed E-state index contributed by atoms with van der Waals surface area (Å²) in [5.74, 6) is -0.421. The minimum absolute atomic E-state index is 0.152. The molecule has 0 radical (unpaired) electrons. The van der Waals surface area contributed by atoms with Crippen molar-refractivity contribution < 1.29 is 17.9 Å². The first-order chi connectivity index (χ1) is 11.8. The Balaban J connectivity index is 1.94. The lowest BCUT2D eigenvalue weighted by atomic mass is 9.92. The fourth-order valence-electron chi connectivity index (χ4n) is 3.81. The maximum atomic E-state index is 13.3. The predicted octanol–water partition coefficient (Wildman–Crippen LogP) is 2.85. The lowest BCUT2D eigenvalue weighted by Gasteiger charge is -2.40. The second-order valence-electron chi connectivity index (χ2n) is 6.85. The number of hydrogen-bond donors (Lipinski definition) is 0. The zero-order chi connectivity index (χ0) is 17.8. The van der Waals surface area contributed by atoms with Crippen LogP contribution in [-0.4, -0.2) is 31.6 Å². The van der Waals surface area contributed by atoms with Crippen LogP contribution >= 0.6 is 0 Å². The van der Waals surface area contributed by atoms with E-state index in [4.69, 9.17) is 4.74 Å². The number of fused-ring (bicyclic) bond motifs is 3. The van der Waals surface area contributed by atoms with Gasteiger partial charge in [0.25, 0.3) is 0 Å². The minimum Gasteiger partial charge on any atom is -0.354 e. The summed E-state index contributed by atoms with van der Waals surface area (Å²) >= 11 is 0. The number of nitrogens with zero attached hydrogens (tertiary/aromatic N) is 1. The molecule has 2 aliphatic heterocycles. The summed E-state index contributed by atoms with van der Waals surface area (Å²) in [4.78, 5) is 15.0. The van der Waals surface area contributed by atoms with Gasteiger partial charge in [0.15, 0.2) is 15.1 Å². The van der Waals surface area contributed by atoms with Crippen molar-refractivity contribution in [2.45, 2.75) is 35.8 Å². The Morgan fingerprint density at radius 2 is 1.60 bits per heavy atom. The molecule has 2 aromatic carbocycles. The molecule has 6 heteroatoms. The second-order valence-corrected chi connectivity index (χ2v) is 8.88. The van der Waals surface area contributed by atoms with Crippen molar-refractivity contribution in [3.8, 4) is 0 Å². The van der Waals surface area contributed by atoms with Gasteiger partial charge in [-0.15, -0.1) is 0 Å². The third-order valence-electron chi connectivity index (χ3n) is 4.97. The molecule has 1 saturated heterocycles. The van der Waals surface area contributed by atoms with Crippen molar-refractivity contribution in [3.05, 3.63) is 65.7 Å². The van der Waals surface area contributed by atoms with E-state index in [0.717, 1.165) is 5.56 Å². The Morgan fingerprint density at radius 1 is 1.00 bits per heavy atom. The average molecular weight is 357 g/mol. The highest BCUT2D eigenvalue weighted by molar-refractivity contribution is 7.92. The van der Waals surface area contributed by atoms with Crippen molar-refractivity contribution in [2.75, 3.05) is 6.61 Å². The van der Waals surface area contributed by atoms with Gasteiger partial charge in [-0.3, -0.25) is 4.79 Å². The minimum atomic E-state index is -3.86. The number of sulfone groups is 1. The molecule has 0 aromatic heterocycles. The van der Waals surface area contributed by atoms with Crippen LogP contribution in [0, 0.1) is 0 Å². The fraction of sp³-hybridized carbons (Fsp3) is 0.316. The lowest BCUT2D eigenvalue weighted by Crippen LogP contribution is -2.51. The number of carbonyl (C=O) groups excluding carboxylic acids is 1. The second kappa shape index (κ2) is 5.41. The quantitative estimate of drug-likeness (QED) is 0.829. The van der Waals surface area contributed by atoms with Crippen LogP contribution < -0.4 is 0 Å². The van der Waals surface area contributed by atoms with E-state index in [-0.39, 0.29) is 10.9 Å². The lowest BCUT2D eigenvalue weighted by molar-refractivity contribution is -0.146. The standard InChI is InChI=1S/C19H19NO4S/c1-19(2)20-16(12-24-19)14-10-6-7-11-15(14)17(18(20)21)25(22,23)13-8-4-3-5-9-13/h3-11,16-17H,12H2,1-2H3/t16-,17-/m1/s1. The van der Waals surface area contributed by atoms with Crippen LogP contribution in [0.5, 0.6) is 0 Å². The maximum absolute atomic E-state index is 13.3. The largest absolute Gasteiger partial charge is 0.354 e. The van der Waals surface area contributed by atoms with Gasteiger partial charge in [0, 0.05) is 0 Å². The average Bonchev–Trinajstić information content (AvgIpc) is 2.92. The number of benzene rings is 2. The van der Waals surface area contributed by atoms with E-state index in [1.165, 1.54) is 12.1 Å². The molecular formula is C19H19NO4S. The third-order valence-corrected chi connectivity index (χ3v) is 6.97. The van der Waals surface area contributed by atoms with Gasteiger partial charge in [0.2, 0.25) is 5.91 Å². The summed E-state index contributed by atoms with van der Waals surface area (Å²) in [6.45, 7) is 3.96. The van der Waals surface area contributed by atoms with Gasteiger partial charge in [0.05, 0.1) is 17.5 Å². The van der Waals surface area contributed by atoms with Crippen molar-refractivity contribution in [1.29, 1.82) is 0 Å². The Bertz CT molecular complexity index is 937. The Hall–Kier alpha value is -2.18. The predicted molar refractivity (Wildman–Crippen MR) is 92.4 cm³/mol. The molecule has 130 valence electrons. The molecule has 2 heterocycles. The van der Waals surface area contributed by atoms with E-state index in [1.54, 1.807) is 49.1 Å². The Labute approximate surface area is 147 Å². The summed E-state index contributed by atoms with van der Waals surface area (Å²) in [6, 6.07) is 15.2. The zero-order valence-electron chi connectivity index (χ0n) is 14.0. The normalized spacial score (nSPS) is 24.7. The monoisotopic (exact) mass is 357 g/mol. The summed E-state index contributed by atoms with van der Waals surface area (Å²) in [7, 11) is -3.86. The van der Waals surface area contributed by atoms with Crippen molar-refractivity contribution in [3.63, 3.8) is 0 Å². The molecule has 0 saturated carbocycles. The van der Waals surface area contributed by atoms with E-state index >= 15 is 0 Å². The smallest absolute Gasteiger partial charge is 0.248 e. The molecule has 5 nitrogen and oxygen atoms in total. The van der Waals surface area contributed by atoms with Gasteiger partial charge in [-0.1, -0.05) is 42.5 Å². The molecule has 25 heavy (non-hydrogen) atoms. The first-order valence-electron chi connectivity index (χ1n) is 8.19. The Morgan fingerprint density at radius 3 is 2.28 bits per heavy atom. The number of carbonyl (C=O) groups is 1. The molecule has 1 amide bonds. The third kappa shape index (κ3) is 2.32. The molecule has 0 aliphatic carbocycles. The highest BCUT2D eigenvalue weighted by Gasteiger charge is 2.54. The van der Waals surface area contributed by atoms with Gasteiger partial charge in [-0.2, -0.15) is 0 Å². The zero-order valence-corrected chi connectivity index (χ0v) is 14.9. The van der Waals surface area contributed by atoms with Crippen LogP contribution in [-0.2, 0) is 19.4 Å². The molecule has 2 atom stereocenters. The van der Waals surface area contributed by atoms with Crippen molar-refractivity contribution in [2.24, 2.45) is 0 Å². The van der Waals surface area contributed by atoms with E-state index < -0.39 is 26.7 Å². The maximum Gasteiger partial charge on any atom is 0.248 e. The molecule has 1 fully saturated rings. The SMILES string of the molecule is CC1(C)OC[C@@H]2c3ccccc3[C@@H](S(=O)(=O)c3ccccc3)C(=O)N21. The fourth-order valence-corrected chi connectivity index (χ4v) is 5.55. The van der Waals surface area contributed by atoms with Crippen molar-refractivity contribution in [1.82, 2.24) is 4.90 Å². The first-order valence-corrected chi connectivity index (χ1v) is 9.73. The van der Waals surface area contributed by atoms with Crippen LogP contribution in [0.1, 0.15) is 36.3 Å². The molecular weight excluding hydrogens is 338 g/mol. The summed E-state index contributed by atoms with van der Waals surface area (Å²) in [5.41, 5.74) is 0.566. The van der Waals surface area contributed by atoms with Gasteiger partial charge >= 0.3 is 0 Å². The molecule has 0 spiro atoms. The number of rotatable bonds is 2. The first kappa shape index (κ1) is 16.3. The van der Waals surface area contributed by atoms with E-state index in [9.17, 15) is 13.2 Å². The van der Waals surface area contributed by atoms with Crippen LogP contribution in [0.2, 0.25) is 0 Å². The van der Waals surface area contributed by atoms with Crippen LogP contribution in [0.15, 0.2) is 59.5 Å². The van der Waals surface area contributed by atoms with Gasteiger partial charge < -0.3 is 9.64 Å². The summed E-state index contributed by atoms with van der Waals surface area (Å²) < 4.78 is 32.3. The molecule has 0 N–H and O–H groups in total. The summed E-state index contributed by atoms with van der Waals surface area (Å²) in [6.07, 6.45) is 0. The highest BCUT2D eigenvalue weighted by atomic mass is 32.2. The molecule has 0 unspecified atom stereocenters. The van der Waals surface area contributed by atoms with E-state index in [2.05, 4.69) is 0 Å². The van der Waals surface area contributed by atoms with E-state index in [0.29, 0.717) is 12.2 Å². The summed E-state index contributed by atoms with van der Waals surface area (Å²) in [5, 5.41) is -1.25. The topological polar surface area (TPSA) is 63.7 Å². The van der Waals surface area contributed by atoms with Gasteiger partial charge in [0.1, 0.15) is 5.72 Å². The molecule has 2 aliphatic rings. The molecule has 4 rings (SSSR count). The van der Waals surface area contributed by atoms with Crippen LogP contribution in [0.3, 0.4) is 0 Å². The van der Waals surface area contributed by atoms with Crippen molar-refractivity contribution >= 4 is 15.7 Å². The molecule has 2 aromatic rings. The molecule has 0 bridgehead atoms. The number of hydrogen-bond acceptors (Lipinski definition) is 4. The Kier molecular flexibility index (Phi) is 3.53. The van der Waals surface area contributed by atoms with E-state index in [1.807, 2.05) is 12.1 Å². The van der Waals surface area contributed by atoms with Crippen LogP contribution in [0.4, 0.5) is 0 Å². The van der Waals surface area contributed by atoms with Gasteiger partial charge in [-0.25, -0.2) is 8.42 Å². The van der Waals surface area contributed by atoms with Crippen LogP contribution in [0.25, 0.3) is 0 Å². The number of ether oxygens (including phenoxy) is 1. The number of amides is 1. The van der Waals surface area contributed by atoms with Gasteiger partial charge in [-0.05, 0) is 37.1 Å².